The molecule has 1 unspecified atom stereocenters. The van der Waals surface area contributed by atoms with Crippen LogP contribution in [-0.2, 0) is 25.3 Å². The van der Waals surface area contributed by atoms with E-state index in [9.17, 15) is 4.79 Å². The molecule has 0 bridgehead atoms. The van der Waals surface area contributed by atoms with Crippen LogP contribution in [0.1, 0.15) is 57.2 Å². The summed E-state index contributed by atoms with van der Waals surface area (Å²) in [6, 6.07) is 4.03. The molecule has 1 atom stereocenters. The summed E-state index contributed by atoms with van der Waals surface area (Å²) >= 11 is 15.2. The van der Waals surface area contributed by atoms with Crippen LogP contribution >= 0.6 is 35.0 Å². The van der Waals surface area contributed by atoms with E-state index >= 15 is 0 Å². The SMILES string of the molecule is CC#Cc1cc(N)cc(C2Cc3nc(OC)nc(N4CCCn5nc(C(=O)NC)c(Cl)c5C4)c3CS2)c1Cl. The summed E-state index contributed by atoms with van der Waals surface area (Å²) in [5, 5.41) is 8.11. The maximum absolute atomic E-state index is 12.3. The van der Waals surface area contributed by atoms with Crippen molar-refractivity contribution in [2.75, 3.05) is 31.3 Å². The average molecular weight is 573 g/mol. The molecule has 9 nitrogen and oxygen atoms in total. The third-order valence-electron chi connectivity index (χ3n) is 6.64. The van der Waals surface area contributed by atoms with Crippen molar-refractivity contribution in [1.29, 1.82) is 0 Å². The number of ether oxygens (including phenoxy) is 1. The van der Waals surface area contributed by atoms with Crippen LogP contribution in [0.5, 0.6) is 6.01 Å². The zero-order valence-electron chi connectivity index (χ0n) is 21.3. The molecule has 12 heteroatoms. The molecule has 198 valence electrons. The Morgan fingerprint density at radius 1 is 1.26 bits per heavy atom. The number of nitrogens with zero attached hydrogens (tertiary/aromatic N) is 5. The molecule has 0 saturated carbocycles. The van der Waals surface area contributed by atoms with Gasteiger partial charge in [0.2, 0.25) is 0 Å². The number of aryl methyl sites for hydroxylation is 1. The Kier molecular flexibility index (Phi) is 7.61. The highest BCUT2D eigenvalue weighted by Crippen LogP contribution is 2.46. The monoisotopic (exact) mass is 571 g/mol. The molecule has 3 aromatic rings. The molecule has 0 spiro atoms. The molecular formula is C26H27Cl2N7O2S. The van der Waals surface area contributed by atoms with Gasteiger partial charge >= 0.3 is 6.01 Å². The number of carbonyl (C=O) groups excluding carboxylic acids is 1. The van der Waals surface area contributed by atoms with Gasteiger partial charge in [0.05, 0.1) is 35.1 Å². The normalized spacial score (nSPS) is 16.6. The van der Waals surface area contributed by atoms with Crippen molar-refractivity contribution in [3.63, 3.8) is 0 Å². The van der Waals surface area contributed by atoms with Crippen molar-refractivity contribution in [1.82, 2.24) is 25.1 Å². The highest BCUT2D eigenvalue weighted by Gasteiger charge is 2.32. The summed E-state index contributed by atoms with van der Waals surface area (Å²) in [6.45, 7) is 3.64. The number of nitrogen functional groups attached to an aromatic ring is 1. The van der Waals surface area contributed by atoms with E-state index < -0.39 is 0 Å². The largest absolute Gasteiger partial charge is 0.467 e. The fraction of sp³-hybridized carbons (Fsp3) is 0.385. The molecule has 3 N–H and O–H groups in total. The van der Waals surface area contributed by atoms with Gasteiger partial charge in [0.1, 0.15) is 5.82 Å². The first kappa shape index (κ1) is 26.5. The number of nitrogens with one attached hydrogen (secondary N) is 1. The third-order valence-corrected chi connectivity index (χ3v) is 8.74. The van der Waals surface area contributed by atoms with E-state index in [-0.39, 0.29) is 16.9 Å². The molecule has 5 rings (SSSR count). The molecule has 38 heavy (non-hydrogen) atoms. The number of fused-ring (bicyclic) bond motifs is 2. The number of thioether (sulfide) groups is 1. The molecule has 0 radical (unpaired) electrons. The maximum Gasteiger partial charge on any atom is 0.318 e. The first-order chi connectivity index (χ1) is 18.3. The number of halogens is 2. The standard InChI is InChI=1S/C26H27Cl2N7O2S/c1-4-6-14-9-15(29)10-16(21(14)27)20-11-18-17(13-38-20)24(32-26(31-18)37-3)34-7-5-8-35-19(12-34)22(28)23(33-35)25(36)30-2/h9-10,20H,5,7-8,11-13,29H2,1-3H3,(H,30,36). The highest BCUT2D eigenvalue weighted by molar-refractivity contribution is 7.98. The van der Waals surface area contributed by atoms with Crippen LogP contribution in [0.4, 0.5) is 11.5 Å². The molecular weight excluding hydrogens is 545 g/mol. The summed E-state index contributed by atoms with van der Waals surface area (Å²) in [5.41, 5.74) is 11.5. The van der Waals surface area contributed by atoms with Gasteiger partial charge in [-0.05, 0) is 31.0 Å². The summed E-state index contributed by atoms with van der Waals surface area (Å²) in [7, 11) is 3.13. The van der Waals surface area contributed by atoms with Gasteiger partial charge in [-0.1, -0.05) is 29.1 Å². The predicted molar refractivity (Wildman–Crippen MR) is 151 cm³/mol. The van der Waals surface area contributed by atoms with Gasteiger partial charge < -0.3 is 20.7 Å². The first-order valence-electron chi connectivity index (χ1n) is 12.1. The fourth-order valence-electron chi connectivity index (χ4n) is 4.84. The van der Waals surface area contributed by atoms with Crippen molar-refractivity contribution in [2.45, 2.75) is 43.9 Å². The zero-order chi connectivity index (χ0) is 27.0. The van der Waals surface area contributed by atoms with Gasteiger partial charge in [0.15, 0.2) is 5.69 Å². The van der Waals surface area contributed by atoms with Crippen LogP contribution in [0.3, 0.4) is 0 Å². The second kappa shape index (κ2) is 10.9. The second-order valence-corrected chi connectivity index (χ2v) is 10.9. The predicted octanol–water partition coefficient (Wildman–Crippen LogP) is 4.24. The molecule has 4 heterocycles. The minimum Gasteiger partial charge on any atom is -0.467 e. The van der Waals surface area contributed by atoms with Gasteiger partial charge in [0.25, 0.3) is 5.91 Å². The summed E-state index contributed by atoms with van der Waals surface area (Å²) in [5.74, 6) is 7.14. The summed E-state index contributed by atoms with van der Waals surface area (Å²) < 4.78 is 7.33. The van der Waals surface area contributed by atoms with Gasteiger partial charge in [-0.25, -0.2) is 0 Å². The van der Waals surface area contributed by atoms with E-state index in [2.05, 4.69) is 27.2 Å². The van der Waals surface area contributed by atoms with Crippen molar-refractivity contribution in [3.05, 3.63) is 56.0 Å². The third kappa shape index (κ3) is 4.86. The average Bonchev–Trinajstić information content (AvgIpc) is 3.08. The molecule has 0 aliphatic carbocycles. The molecule has 2 aromatic heterocycles. The lowest BCUT2D eigenvalue weighted by atomic mass is 10.0. The molecule has 0 saturated heterocycles. The van der Waals surface area contributed by atoms with Gasteiger partial charge in [0, 0.05) is 54.4 Å². The smallest absolute Gasteiger partial charge is 0.318 e. The molecule has 0 fully saturated rings. The van der Waals surface area contributed by atoms with E-state index in [1.807, 2.05) is 10.7 Å². The molecule has 2 aliphatic rings. The van der Waals surface area contributed by atoms with Crippen molar-refractivity contribution >= 4 is 52.4 Å². The topological polar surface area (TPSA) is 111 Å². The van der Waals surface area contributed by atoms with Gasteiger partial charge in [-0.15, -0.1) is 17.7 Å². The number of aromatic nitrogens is 4. The van der Waals surface area contributed by atoms with Crippen LogP contribution in [0.15, 0.2) is 12.1 Å². The quantitative estimate of drug-likeness (QED) is 0.353. The Hall–Kier alpha value is -3.13. The number of amides is 1. The Morgan fingerprint density at radius 3 is 2.82 bits per heavy atom. The number of rotatable bonds is 4. The lowest BCUT2D eigenvalue weighted by molar-refractivity contribution is 0.0957. The maximum atomic E-state index is 12.3. The number of nitrogens with two attached hydrogens (primary N) is 1. The minimum absolute atomic E-state index is 0.0542. The van der Waals surface area contributed by atoms with E-state index in [1.54, 1.807) is 38.9 Å². The Labute approximate surface area is 235 Å². The van der Waals surface area contributed by atoms with Gasteiger partial charge in [-0.3, -0.25) is 9.48 Å². The number of benzene rings is 1. The van der Waals surface area contributed by atoms with Crippen LogP contribution < -0.4 is 20.7 Å². The number of methoxy groups -OCH3 is 1. The molecule has 2 aliphatic heterocycles. The van der Waals surface area contributed by atoms with Crippen LogP contribution in [0.2, 0.25) is 10.0 Å². The Morgan fingerprint density at radius 2 is 2.08 bits per heavy atom. The lowest BCUT2D eigenvalue weighted by Gasteiger charge is -2.30. The number of anilines is 2. The lowest BCUT2D eigenvalue weighted by Crippen LogP contribution is -2.27. The van der Waals surface area contributed by atoms with Crippen molar-refractivity contribution in [2.24, 2.45) is 0 Å². The molecule has 1 aromatic carbocycles. The van der Waals surface area contributed by atoms with E-state index in [1.165, 1.54) is 0 Å². The van der Waals surface area contributed by atoms with Crippen LogP contribution in [-0.4, -0.2) is 46.4 Å². The number of hydrogen-bond donors (Lipinski definition) is 2. The number of hydrogen-bond acceptors (Lipinski definition) is 8. The summed E-state index contributed by atoms with van der Waals surface area (Å²) in [6.07, 6.45) is 1.45. The second-order valence-electron chi connectivity index (χ2n) is 9.00. The van der Waals surface area contributed by atoms with E-state index in [0.29, 0.717) is 47.0 Å². The summed E-state index contributed by atoms with van der Waals surface area (Å²) in [4.78, 5) is 23.9. The van der Waals surface area contributed by atoms with Gasteiger partial charge in [-0.2, -0.15) is 15.1 Å². The first-order valence-corrected chi connectivity index (χ1v) is 13.9. The Bertz CT molecular complexity index is 1480. The van der Waals surface area contributed by atoms with Crippen molar-refractivity contribution in [3.8, 4) is 17.9 Å². The van der Waals surface area contributed by atoms with Crippen molar-refractivity contribution < 1.29 is 9.53 Å². The molecule has 1 amide bonds. The Balaban J connectivity index is 1.51. The minimum atomic E-state index is -0.307. The fourth-order valence-corrected chi connectivity index (χ4v) is 6.78. The number of carbonyl (C=O) groups is 1. The van der Waals surface area contributed by atoms with Crippen LogP contribution in [0.25, 0.3) is 0 Å². The van der Waals surface area contributed by atoms with Crippen LogP contribution in [0, 0.1) is 11.8 Å². The highest BCUT2D eigenvalue weighted by atomic mass is 35.5. The zero-order valence-corrected chi connectivity index (χ0v) is 23.6. The van der Waals surface area contributed by atoms with E-state index in [0.717, 1.165) is 46.9 Å². The van der Waals surface area contributed by atoms with E-state index in [4.69, 9.17) is 43.6 Å².